The highest BCUT2D eigenvalue weighted by Crippen LogP contribution is 2.25. The molecule has 0 unspecified atom stereocenters. The van der Waals surface area contributed by atoms with Gasteiger partial charge in [0, 0.05) is 31.7 Å². The molecular formula is C23H21FN2O3S. The third-order valence-electron chi connectivity index (χ3n) is 5.20. The summed E-state index contributed by atoms with van der Waals surface area (Å²) < 4.78 is 40.3. The SMILES string of the molecule is O=C(c1ccccc1-c1ccccc1)N1CCN(S(=O)(=O)c2cccc(F)c2)CC1. The first-order valence-electron chi connectivity index (χ1n) is 9.66. The normalized spacial score (nSPS) is 15.2. The van der Waals surface area contributed by atoms with Crippen LogP contribution >= 0.6 is 0 Å². The maximum absolute atomic E-state index is 13.5. The molecule has 0 bridgehead atoms. The zero-order valence-electron chi connectivity index (χ0n) is 16.2. The van der Waals surface area contributed by atoms with Crippen molar-refractivity contribution in [2.24, 2.45) is 0 Å². The van der Waals surface area contributed by atoms with E-state index in [4.69, 9.17) is 0 Å². The summed E-state index contributed by atoms with van der Waals surface area (Å²) in [6, 6.07) is 22.1. The summed E-state index contributed by atoms with van der Waals surface area (Å²) in [5, 5.41) is 0. The van der Waals surface area contributed by atoms with Crippen molar-refractivity contribution in [1.29, 1.82) is 0 Å². The van der Waals surface area contributed by atoms with Crippen LogP contribution in [0.3, 0.4) is 0 Å². The zero-order chi connectivity index (χ0) is 21.1. The molecule has 0 spiro atoms. The van der Waals surface area contributed by atoms with E-state index in [-0.39, 0.29) is 37.0 Å². The minimum Gasteiger partial charge on any atom is -0.336 e. The van der Waals surface area contributed by atoms with Crippen LogP contribution in [0.4, 0.5) is 4.39 Å². The maximum atomic E-state index is 13.5. The lowest BCUT2D eigenvalue weighted by molar-refractivity contribution is 0.0698. The van der Waals surface area contributed by atoms with Crippen molar-refractivity contribution in [2.45, 2.75) is 4.90 Å². The molecule has 0 aromatic heterocycles. The molecule has 3 aromatic carbocycles. The van der Waals surface area contributed by atoms with Gasteiger partial charge in [-0.3, -0.25) is 4.79 Å². The lowest BCUT2D eigenvalue weighted by Gasteiger charge is -2.34. The van der Waals surface area contributed by atoms with Gasteiger partial charge in [-0.1, -0.05) is 54.6 Å². The number of hydrogen-bond acceptors (Lipinski definition) is 3. The topological polar surface area (TPSA) is 57.7 Å². The fourth-order valence-electron chi connectivity index (χ4n) is 3.62. The molecule has 0 N–H and O–H groups in total. The van der Waals surface area contributed by atoms with Crippen molar-refractivity contribution in [3.8, 4) is 11.1 Å². The Balaban J connectivity index is 1.51. The van der Waals surface area contributed by atoms with Crippen LogP contribution in [-0.2, 0) is 10.0 Å². The third-order valence-corrected chi connectivity index (χ3v) is 7.10. The largest absolute Gasteiger partial charge is 0.336 e. The Morgan fingerprint density at radius 1 is 0.800 bits per heavy atom. The van der Waals surface area contributed by atoms with Gasteiger partial charge in [0.25, 0.3) is 5.91 Å². The van der Waals surface area contributed by atoms with Crippen LogP contribution < -0.4 is 0 Å². The Hall–Kier alpha value is -3.03. The molecular weight excluding hydrogens is 403 g/mol. The van der Waals surface area contributed by atoms with Gasteiger partial charge in [-0.05, 0) is 35.4 Å². The summed E-state index contributed by atoms with van der Waals surface area (Å²) in [5.74, 6) is -0.723. The van der Waals surface area contributed by atoms with E-state index in [9.17, 15) is 17.6 Å². The monoisotopic (exact) mass is 424 g/mol. The highest BCUT2D eigenvalue weighted by Gasteiger charge is 2.31. The van der Waals surface area contributed by atoms with Crippen LogP contribution in [-0.4, -0.2) is 49.7 Å². The number of nitrogens with zero attached hydrogens (tertiary/aromatic N) is 2. The Kier molecular flexibility index (Phi) is 5.65. The van der Waals surface area contributed by atoms with E-state index in [1.807, 2.05) is 48.5 Å². The fourth-order valence-corrected chi connectivity index (χ4v) is 5.07. The van der Waals surface area contributed by atoms with Crippen molar-refractivity contribution in [2.75, 3.05) is 26.2 Å². The van der Waals surface area contributed by atoms with Crippen LogP contribution in [0.2, 0.25) is 0 Å². The van der Waals surface area contributed by atoms with E-state index in [0.717, 1.165) is 17.2 Å². The van der Waals surface area contributed by atoms with Crippen LogP contribution in [0.15, 0.2) is 83.8 Å². The van der Waals surface area contributed by atoms with Gasteiger partial charge >= 0.3 is 0 Å². The fraction of sp³-hybridized carbons (Fsp3) is 0.174. The van der Waals surface area contributed by atoms with Crippen LogP contribution in [0, 0.1) is 5.82 Å². The molecule has 0 radical (unpaired) electrons. The van der Waals surface area contributed by atoms with E-state index in [1.165, 1.54) is 22.5 Å². The van der Waals surface area contributed by atoms with Crippen molar-refractivity contribution in [3.05, 3.63) is 90.2 Å². The summed E-state index contributed by atoms with van der Waals surface area (Å²) in [7, 11) is -3.79. The summed E-state index contributed by atoms with van der Waals surface area (Å²) in [6.07, 6.45) is 0. The van der Waals surface area contributed by atoms with Crippen molar-refractivity contribution in [3.63, 3.8) is 0 Å². The third kappa shape index (κ3) is 3.99. The quantitative estimate of drug-likeness (QED) is 0.643. The van der Waals surface area contributed by atoms with Gasteiger partial charge in [0.15, 0.2) is 0 Å². The Labute approximate surface area is 175 Å². The highest BCUT2D eigenvalue weighted by atomic mass is 32.2. The molecule has 1 aliphatic rings. The number of hydrogen-bond donors (Lipinski definition) is 0. The molecule has 0 aliphatic carbocycles. The summed E-state index contributed by atoms with van der Waals surface area (Å²) >= 11 is 0. The number of rotatable bonds is 4. The Bertz CT molecular complexity index is 1160. The number of piperazine rings is 1. The number of halogens is 1. The van der Waals surface area contributed by atoms with E-state index >= 15 is 0 Å². The Morgan fingerprint density at radius 2 is 1.47 bits per heavy atom. The zero-order valence-corrected chi connectivity index (χ0v) is 17.1. The molecule has 1 fully saturated rings. The summed E-state index contributed by atoms with van der Waals surface area (Å²) in [4.78, 5) is 14.8. The first-order chi connectivity index (χ1) is 14.5. The van der Waals surface area contributed by atoms with Crippen molar-refractivity contribution in [1.82, 2.24) is 9.21 Å². The lowest BCUT2D eigenvalue weighted by atomic mass is 9.99. The number of sulfonamides is 1. The molecule has 4 rings (SSSR count). The summed E-state index contributed by atoms with van der Waals surface area (Å²) in [5.41, 5.74) is 2.39. The van der Waals surface area contributed by atoms with Crippen LogP contribution in [0.25, 0.3) is 11.1 Å². The minimum absolute atomic E-state index is 0.0725. The maximum Gasteiger partial charge on any atom is 0.254 e. The second-order valence-electron chi connectivity index (χ2n) is 7.07. The van der Waals surface area contributed by atoms with Gasteiger partial charge in [-0.15, -0.1) is 0 Å². The van der Waals surface area contributed by atoms with Gasteiger partial charge in [0.05, 0.1) is 4.90 Å². The molecule has 30 heavy (non-hydrogen) atoms. The second kappa shape index (κ2) is 8.38. The molecule has 1 aliphatic heterocycles. The van der Waals surface area contributed by atoms with Crippen molar-refractivity contribution < 1.29 is 17.6 Å². The lowest BCUT2D eigenvalue weighted by Crippen LogP contribution is -2.50. The average Bonchev–Trinajstić information content (AvgIpc) is 2.79. The number of benzene rings is 3. The van der Waals surface area contributed by atoms with Gasteiger partial charge in [0.2, 0.25) is 10.0 Å². The predicted octanol–water partition coefficient (Wildman–Crippen LogP) is 3.64. The first-order valence-corrected chi connectivity index (χ1v) is 11.1. The Morgan fingerprint density at radius 3 is 2.17 bits per heavy atom. The van der Waals surface area contributed by atoms with E-state index in [2.05, 4.69) is 0 Å². The smallest absolute Gasteiger partial charge is 0.254 e. The van der Waals surface area contributed by atoms with E-state index in [1.54, 1.807) is 11.0 Å². The molecule has 5 nitrogen and oxygen atoms in total. The predicted molar refractivity (Wildman–Crippen MR) is 113 cm³/mol. The van der Waals surface area contributed by atoms with E-state index in [0.29, 0.717) is 5.56 Å². The minimum atomic E-state index is -3.79. The standard InChI is InChI=1S/C23H21FN2O3S/c24-19-9-6-10-20(17-19)30(28,29)26-15-13-25(14-16-26)23(27)22-12-5-4-11-21(22)18-7-2-1-3-8-18/h1-12,17H,13-16H2. The molecule has 3 aromatic rings. The average molecular weight is 424 g/mol. The van der Waals surface area contributed by atoms with Gasteiger partial charge in [-0.2, -0.15) is 4.31 Å². The molecule has 1 amide bonds. The van der Waals surface area contributed by atoms with Gasteiger partial charge in [-0.25, -0.2) is 12.8 Å². The molecule has 1 saturated heterocycles. The van der Waals surface area contributed by atoms with Crippen LogP contribution in [0.5, 0.6) is 0 Å². The van der Waals surface area contributed by atoms with Crippen LogP contribution in [0.1, 0.15) is 10.4 Å². The number of amides is 1. The number of carbonyl (C=O) groups is 1. The van der Waals surface area contributed by atoms with E-state index < -0.39 is 15.8 Å². The molecule has 0 atom stereocenters. The first kappa shape index (κ1) is 20.3. The molecule has 154 valence electrons. The van der Waals surface area contributed by atoms with Crippen molar-refractivity contribution >= 4 is 15.9 Å². The summed E-state index contributed by atoms with van der Waals surface area (Å²) in [6.45, 7) is 0.878. The van der Waals surface area contributed by atoms with Gasteiger partial charge < -0.3 is 4.90 Å². The van der Waals surface area contributed by atoms with Gasteiger partial charge in [0.1, 0.15) is 5.82 Å². The highest BCUT2D eigenvalue weighted by molar-refractivity contribution is 7.89. The second-order valence-corrected chi connectivity index (χ2v) is 9.00. The molecule has 0 saturated carbocycles. The molecule has 1 heterocycles. The number of carbonyl (C=O) groups excluding carboxylic acids is 1. The molecule has 7 heteroatoms.